The molecule has 1 aromatic heterocycles. The van der Waals surface area contributed by atoms with Gasteiger partial charge in [-0.3, -0.25) is 4.79 Å². The molecule has 0 bridgehead atoms. The Morgan fingerprint density at radius 2 is 2.12 bits per heavy atom. The van der Waals surface area contributed by atoms with Gasteiger partial charge in [-0.05, 0) is 37.0 Å². The summed E-state index contributed by atoms with van der Waals surface area (Å²) in [7, 11) is 0. The maximum absolute atomic E-state index is 11.1. The van der Waals surface area contributed by atoms with Gasteiger partial charge in [-0.25, -0.2) is 4.98 Å². The van der Waals surface area contributed by atoms with Crippen LogP contribution >= 0.6 is 0 Å². The summed E-state index contributed by atoms with van der Waals surface area (Å²) < 4.78 is 0. The number of hydrogen-bond donors (Lipinski definition) is 2. The van der Waals surface area contributed by atoms with Crippen molar-refractivity contribution in [2.24, 2.45) is 0 Å². The van der Waals surface area contributed by atoms with Gasteiger partial charge in [0, 0.05) is 17.4 Å². The van der Waals surface area contributed by atoms with Crippen LogP contribution < -0.4 is 11.3 Å². The molecule has 0 aliphatic heterocycles. The van der Waals surface area contributed by atoms with Crippen molar-refractivity contribution in [3.8, 4) is 0 Å². The van der Waals surface area contributed by atoms with E-state index in [0.717, 1.165) is 35.3 Å². The van der Waals surface area contributed by atoms with Gasteiger partial charge >= 0.3 is 0 Å². The van der Waals surface area contributed by atoms with Crippen molar-refractivity contribution in [2.75, 3.05) is 5.73 Å². The lowest BCUT2D eigenvalue weighted by atomic mass is 10.0. The Hall–Kier alpha value is -2.10. The molecule has 0 saturated heterocycles. The first-order valence-electron chi connectivity index (χ1n) is 5.54. The third-order valence-corrected chi connectivity index (χ3v) is 2.75. The normalized spacial score (nSPS) is 10.4. The van der Waals surface area contributed by atoms with Gasteiger partial charge in [0.2, 0.25) is 0 Å². The van der Waals surface area contributed by atoms with Gasteiger partial charge in [0.05, 0.1) is 6.33 Å². The van der Waals surface area contributed by atoms with E-state index in [4.69, 9.17) is 5.73 Å². The number of nitrogens with one attached hydrogen (secondary N) is 1. The average molecular weight is 229 g/mol. The molecule has 0 fully saturated rings. The molecule has 2 rings (SSSR count). The maximum atomic E-state index is 11.1. The number of anilines is 1. The molecule has 4 heteroatoms. The van der Waals surface area contributed by atoms with Crippen LogP contribution in [0.5, 0.6) is 0 Å². The first-order chi connectivity index (χ1) is 8.15. The number of H-pyrrole nitrogens is 1. The molecule has 0 aliphatic rings. The van der Waals surface area contributed by atoms with Gasteiger partial charge in [0.1, 0.15) is 0 Å². The van der Waals surface area contributed by atoms with Gasteiger partial charge < -0.3 is 10.7 Å². The van der Waals surface area contributed by atoms with Gasteiger partial charge in [0.25, 0.3) is 5.56 Å². The Kier molecular flexibility index (Phi) is 3.23. The summed E-state index contributed by atoms with van der Waals surface area (Å²) in [6.45, 7) is 1.98. The van der Waals surface area contributed by atoms with Crippen molar-refractivity contribution in [2.45, 2.75) is 19.8 Å². The van der Waals surface area contributed by atoms with E-state index in [-0.39, 0.29) is 5.56 Å². The van der Waals surface area contributed by atoms with Gasteiger partial charge in [0.15, 0.2) is 0 Å². The summed E-state index contributed by atoms with van der Waals surface area (Å²) in [5.74, 6) is 0. The molecule has 88 valence electrons. The largest absolute Gasteiger partial charge is 0.399 e. The summed E-state index contributed by atoms with van der Waals surface area (Å²) in [5.41, 5.74) is 9.58. The zero-order valence-corrected chi connectivity index (χ0v) is 9.73. The molecule has 0 unspecified atom stereocenters. The molecular formula is C13H15N3O. The molecule has 0 amide bonds. The Bertz CT molecular complexity index is 575. The minimum absolute atomic E-state index is 0.113. The van der Waals surface area contributed by atoms with Crippen molar-refractivity contribution >= 4 is 5.69 Å². The molecule has 0 saturated carbocycles. The van der Waals surface area contributed by atoms with Crippen LogP contribution in [-0.2, 0) is 12.8 Å². The van der Waals surface area contributed by atoms with E-state index in [9.17, 15) is 4.79 Å². The van der Waals surface area contributed by atoms with E-state index in [1.54, 1.807) is 0 Å². The molecule has 1 aromatic carbocycles. The molecule has 3 N–H and O–H groups in total. The topological polar surface area (TPSA) is 71.8 Å². The fraction of sp³-hybridized carbons (Fsp3) is 0.231. The highest BCUT2D eigenvalue weighted by Crippen LogP contribution is 2.14. The summed E-state index contributed by atoms with van der Waals surface area (Å²) >= 11 is 0. The van der Waals surface area contributed by atoms with Crippen LogP contribution in [0.4, 0.5) is 5.69 Å². The van der Waals surface area contributed by atoms with E-state index in [1.165, 1.54) is 12.4 Å². The van der Waals surface area contributed by atoms with Crippen molar-refractivity contribution in [3.63, 3.8) is 0 Å². The smallest absolute Gasteiger partial charge is 0.250 e. The maximum Gasteiger partial charge on any atom is 0.250 e. The monoisotopic (exact) mass is 229 g/mol. The van der Waals surface area contributed by atoms with Crippen molar-refractivity contribution in [1.82, 2.24) is 9.97 Å². The second kappa shape index (κ2) is 4.82. The standard InChI is InChI=1S/C13H15N3O/c1-9-2-3-10(6-12(9)14)4-5-11-7-13(17)16-8-15-11/h2-3,6-8H,4-5,14H2,1H3,(H,15,16,17). The highest BCUT2D eigenvalue weighted by atomic mass is 16.1. The van der Waals surface area contributed by atoms with Gasteiger partial charge in [-0.2, -0.15) is 0 Å². The molecule has 0 aliphatic carbocycles. The van der Waals surface area contributed by atoms with E-state index in [2.05, 4.69) is 16.0 Å². The molecule has 4 nitrogen and oxygen atoms in total. The highest BCUT2D eigenvalue weighted by Gasteiger charge is 2.00. The summed E-state index contributed by atoms with van der Waals surface area (Å²) in [6, 6.07) is 7.56. The van der Waals surface area contributed by atoms with E-state index in [0.29, 0.717) is 0 Å². The average Bonchev–Trinajstić information content (AvgIpc) is 2.31. The zero-order valence-electron chi connectivity index (χ0n) is 9.73. The number of aromatic nitrogens is 2. The van der Waals surface area contributed by atoms with Crippen LogP contribution in [0.15, 0.2) is 35.4 Å². The number of benzene rings is 1. The number of rotatable bonds is 3. The predicted octanol–water partition coefficient (Wildman–Crippen LogP) is 1.45. The molecular weight excluding hydrogens is 214 g/mol. The Labute approximate surface area is 99.5 Å². The Balaban J connectivity index is 2.07. The van der Waals surface area contributed by atoms with E-state index < -0.39 is 0 Å². The second-order valence-electron chi connectivity index (χ2n) is 4.09. The molecule has 2 aromatic rings. The third-order valence-electron chi connectivity index (χ3n) is 2.75. The van der Waals surface area contributed by atoms with Crippen LogP contribution in [0.3, 0.4) is 0 Å². The van der Waals surface area contributed by atoms with Crippen molar-refractivity contribution in [3.05, 3.63) is 57.8 Å². The number of nitrogens with zero attached hydrogens (tertiary/aromatic N) is 1. The summed E-state index contributed by atoms with van der Waals surface area (Å²) in [5, 5.41) is 0. The Morgan fingerprint density at radius 1 is 1.29 bits per heavy atom. The number of aryl methyl sites for hydroxylation is 3. The zero-order chi connectivity index (χ0) is 12.3. The Morgan fingerprint density at radius 3 is 2.82 bits per heavy atom. The minimum Gasteiger partial charge on any atom is -0.399 e. The van der Waals surface area contributed by atoms with Crippen LogP contribution in [0.2, 0.25) is 0 Å². The molecule has 1 heterocycles. The highest BCUT2D eigenvalue weighted by molar-refractivity contribution is 5.48. The van der Waals surface area contributed by atoms with Crippen molar-refractivity contribution in [1.29, 1.82) is 0 Å². The SMILES string of the molecule is Cc1ccc(CCc2cc(=O)[nH]cn2)cc1N. The lowest BCUT2D eigenvalue weighted by Gasteiger charge is -2.04. The minimum atomic E-state index is -0.113. The lowest BCUT2D eigenvalue weighted by molar-refractivity contribution is 0.892. The molecule has 0 atom stereocenters. The number of hydrogen-bond acceptors (Lipinski definition) is 3. The first kappa shape index (κ1) is 11.4. The number of nitrogen functional groups attached to an aromatic ring is 1. The van der Waals surface area contributed by atoms with Crippen LogP contribution in [0.1, 0.15) is 16.8 Å². The summed E-state index contributed by atoms with van der Waals surface area (Å²) in [4.78, 5) is 17.7. The first-order valence-corrected chi connectivity index (χ1v) is 5.54. The van der Waals surface area contributed by atoms with E-state index in [1.807, 2.05) is 19.1 Å². The third kappa shape index (κ3) is 2.93. The quantitative estimate of drug-likeness (QED) is 0.782. The van der Waals surface area contributed by atoms with Crippen LogP contribution in [-0.4, -0.2) is 9.97 Å². The second-order valence-corrected chi connectivity index (χ2v) is 4.09. The van der Waals surface area contributed by atoms with Crippen LogP contribution in [0, 0.1) is 6.92 Å². The van der Waals surface area contributed by atoms with Gasteiger partial charge in [-0.1, -0.05) is 12.1 Å². The molecule has 0 radical (unpaired) electrons. The number of aromatic amines is 1. The van der Waals surface area contributed by atoms with Crippen LogP contribution in [0.25, 0.3) is 0 Å². The number of nitrogens with two attached hydrogens (primary N) is 1. The summed E-state index contributed by atoms with van der Waals surface area (Å²) in [6.07, 6.45) is 3.01. The van der Waals surface area contributed by atoms with Gasteiger partial charge in [-0.15, -0.1) is 0 Å². The molecule has 0 spiro atoms. The fourth-order valence-corrected chi connectivity index (χ4v) is 1.66. The fourth-order valence-electron chi connectivity index (χ4n) is 1.66. The predicted molar refractivity (Wildman–Crippen MR) is 67.9 cm³/mol. The molecule has 17 heavy (non-hydrogen) atoms. The lowest BCUT2D eigenvalue weighted by Crippen LogP contribution is -2.07. The van der Waals surface area contributed by atoms with Crippen molar-refractivity contribution < 1.29 is 0 Å². The van der Waals surface area contributed by atoms with E-state index >= 15 is 0 Å².